The second kappa shape index (κ2) is 9.94. The van der Waals surface area contributed by atoms with Crippen molar-refractivity contribution in [3.05, 3.63) is 85.7 Å². The number of halogens is 1. The number of nitro groups is 1. The first kappa shape index (κ1) is 22.8. The summed E-state index contributed by atoms with van der Waals surface area (Å²) in [4.78, 5) is 50.2. The summed E-state index contributed by atoms with van der Waals surface area (Å²) in [7, 11) is 0. The number of carbonyl (C=O) groups is 2. The average Bonchev–Trinajstić information content (AvgIpc) is 2.76. The molecule has 0 saturated heterocycles. The van der Waals surface area contributed by atoms with Crippen molar-refractivity contribution in [2.45, 2.75) is 5.16 Å². The van der Waals surface area contributed by atoms with Crippen molar-refractivity contribution in [3.8, 4) is 5.69 Å². The maximum absolute atomic E-state index is 12.2. The third-order valence-corrected chi connectivity index (χ3v) is 5.17. The van der Waals surface area contributed by atoms with Crippen LogP contribution in [-0.2, 0) is 4.79 Å². The van der Waals surface area contributed by atoms with E-state index in [4.69, 9.17) is 17.3 Å². The minimum absolute atomic E-state index is 0.00114. The highest BCUT2D eigenvalue weighted by Gasteiger charge is 2.15. The fourth-order valence-corrected chi connectivity index (χ4v) is 3.50. The molecule has 1 aromatic heterocycles. The second-order valence-electron chi connectivity index (χ2n) is 6.21. The normalized spacial score (nSPS) is 10.4. The van der Waals surface area contributed by atoms with Crippen LogP contribution in [0.2, 0.25) is 5.02 Å². The largest absolute Gasteiger partial charge is 0.385 e. The molecule has 32 heavy (non-hydrogen) atoms. The number of nitro benzene ring substituents is 1. The molecular weight excluding hydrogens is 460 g/mol. The van der Waals surface area contributed by atoms with Crippen LogP contribution in [0.15, 0.2) is 64.5 Å². The number of aromatic nitrogens is 2. The number of thioether (sulfide) groups is 1. The van der Waals surface area contributed by atoms with Gasteiger partial charge in [-0.1, -0.05) is 29.4 Å². The molecule has 0 radical (unpaired) electrons. The summed E-state index contributed by atoms with van der Waals surface area (Å²) in [6.07, 6.45) is 0. The molecule has 1 heterocycles. The number of nitrogens with zero attached hydrogens (tertiary/aromatic N) is 3. The molecular formula is C19H15ClN6O5S. The third-order valence-electron chi connectivity index (χ3n) is 3.98. The maximum Gasteiger partial charge on any atom is 0.275 e. The lowest BCUT2D eigenvalue weighted by Crippen LogP contribution is -2.42. The zero-order valence-corrected chi connectivity index (χ0v) is 17.7. The van der Waals surface area contributed by atoms with E-state index >= 15 is 0 Å². The predicted molar refractivity (Wildman–Crippen MR) is 119 cm³/mol. The van der Waals surface area contributed by atoms with Gasteiger partial charge in [0.15, 0.2) is 5.16 Å². The summed E-state index contributed by atoms with van der Waals surface area (Å²) in [6, 6.07) is 12.8. The number of nitrogen functional groups attached to an aromatic ring is 1. The number of amides is 2. The molecule has 0 aliphatic carbocycles. The molecule has 2 aromatic carbocycles. The van der Waals surface area contributed by atoms with Gasteiger partial charge < -0.3 is 5.73 Å². The van der Waals surface area contributed by atoms with Crippen molar-refractivity contribution in [1.82, 2.24) is 20.4 Å². The van der Waals surface area contributed by atoms with Gasteiger partial charge in [-0.25, -0.2) is 0 Å². The van der Waals surface area contributed by atoms with E-state index in [0.717, 1.165) is 23.9 Å². The topological polar surface area (TPSA) is 162 Å². The zero-order chi connectivity index (χ0) is 23.3. The van der Waals surface area contributed by atoms with Gasteiger partial charge in [0, 0.05) is 34.5 Å². The number of nitrogens with one attached hydrogen (secondary N) is 2. The summed E-state index contributed by atoms with van der Waals surface area (Å²) in [5.74, 6) is -1.42. The maximum atomic E-state index is 12.2. The zero-order valence-electron chi connectivity index (χ0n) is 16.1. The first-order valence-electron chi connectivity index (χ1n) is 8.86. The number of benzene rings is 2. The Labute approximate surface area is 189 Å². The first-order valence-corrected chi connectivity index (χ1v) is 10.2. The van der Waals surface area contributed by atoms with Gasteiger partial charge in [0.05, 0.1) is 10.7 Å². The molecule has 0 aliphatic rings. The lowest BCUT2D eigenvalue weighted by Gasteiger charge is -2.15. The molecule has 2 amide bonds. The Hall–Kier alpha value is -3.90. The number of anilines is 1. The lowest BCUT2D eigenvalue weighted by atomic mass is 10.2. The molecule has 0 fully saturated rings. The Morgan fingerprint density at radius 1 is 1.16 bits per heavy atom. The van der Waals surface area contributed by atoms with Crippen molar-refractivity contribution in [1.29, 1.82) is 0 Å². The van der Waals surface area contributed by atoms with Gasteiger partial charge in [0.2, 0.25) is 5.91 Å². The molecule has 3 aromatic rings. The van der Waals surface area contributed by atoms with Crippen molar-refractivity contribution in [2.24, 2.45) is 0 Å². The van der Waals surface area contributed by atoms with Crippen LogP contribution >= 0.6 is 23.4 Å². The Balaban J connectivity index is 1.67. The van der Waals surface area contributed by atoms with Crippen LogP contribution in [0.3, 0.4) is 0 Å². The fraction of sp³-hybridized carbons (Fsp3) is 0.0526. The number of nitrogens with two attached hydrogens (primary N) is 1. The number of carbonyl (C=O) groups excluding carboxylic acids is 2. The molecule has 11 nitrogen and oxygen atoms in total. The third kappa shape index (κ3) is 5.62. The van der Waals surface area contributed by atoms with E-state index in [-0.39, 0.29) is 28.0 Å². The molecule has 0 unspecified atom stereocenters. The van der Waals surface area contributed by atoms with E-state index in [1.807, 2.05) is 0 Å². The van der Waals surface area contributed by atoms with Gasteiger partial charge in [0.25, 0.3) is 17.2 Å². The van der Waals surface area contributed by atoms with Crippen molar-refractivity contribution in [2.75, 3.05) is 11.5 Å². The van der Waals surface area contributed by atoms with Crippen LogP contribution in [-0.4, -0.2) is 32.0 Å². The summed E-state index contributed by atoms with van der Waals surface area (Å²) in [6.45, 7) is 0. The van der Waals surface area contributed by atoms with E-state index < -0.39 is 22.3 Å². The average molecular weight is 475 g/mol. The Morgan fingerprint density at radius 3 is 2.56 bits per heavy atom. The van der Waals surface area contributed by atoms with Crippen LogP contribution in [0.1, 0.15) is 10.4 Å². The van der Waals surface area contributed by atoms with Crippen LogP contribution < -0.4 is 22.1 Å². The van der Waals surface area contributed by atoms with E-state index in [2.05, 4.69) is 15.8 Å². The van der Waals surface area contributed by atoms with Gasteiger partial charge >= 0.3 is 0 Å². The van der Waals surface area contributed by atoms with Gasteiger partial charge in [-0.3, -0.25) is 39.9 Å². The number of rotatable bonds is 6. The number of hydrogen-bond acceptors (Lipinski definition) is 8. The van der Waals surface area contributed by atoms with Crippen molar-refractivity contribution >= 4 is 46.7 Å². The minimum Gasteiger partial charge on any atom is -0.385 e. The first-order chi connectivity index (χ1) is 15.2. The van der Waals surface area contributed by atoms with E-state index in [9.17, 15) is 24.5 Å². The highest BCUT2D eigenvalue weighted by atomic mass is 35.5. The minimum atomic E-state index is -0.729. The smallest absolute Gasteiger partial charge is 0.275 e. The van der Waals surface area contributed by atoms with Crippen molar-refractivity contribution < 1.29 is 14.5 Å². The Kier molecular flexibility index (Phi) is 7.07. The number of non-ortho nitro benzene ring substituents is 1. The SMILES string of the molecule is Nc1cc(=O)nc(SCC(=O)NNC(=O)c2cccc([N+](=O)[O-])c2)n1-c1ccc(Cl)cc1. The van der Waals surface area contributed by atoms with Gasteiger partial charge in [-0.2, -0.15) is 4.98 Å². The van der Waals surface area contributed by atoms with Crippen LogP contribution in [0, 0.1) is 10.1 Å². The molecule has 4 N–H and O–H groups in total. The molecule has 0 aliphatic heterocycles. The highest BCUT2D eigenvalue weighted by molar-refractivity contribution is 7.99. The molecule has 0 bridgehead atoms. The predicted octanol–water partition coefficient (Wildman–Crippen LogP) is 1.93. The number of hydrogen-bond donors (Lipinski definition) is 3. The van der Waals surface area contributed by atoms with Crippen LogP contribution in [0.4, 0.5) is 11.5 Å². The fourth-order valence-electron chi connectivity index (χ4n) is 2.55. The standard InChI is InChI=1S/C19H15ClN6O5S/c20-12-4-6-13(7-5-12)25-15(21)9-16(27)22-19(25)32-10-17(28)23-24-18(29)11-2-1-3-14(8-11)26(30)31/h1-9H,10,21H2,(H,23,28)(H,24,29). The monoisotopic (exact) mass is 474 g/mol. The van der Waals surface area contributed by atoms with E-state index in [1.54, 1.807) is 24.3 Å². The van der Waals surface area contributed by atoms with Gasteiger partial charge in [0.1, 0.15) is 5.82 Å². The molecule has 164 valence electrons. The molecule has 0 spiro atoms. The number of hydrazine groups is 1. The van der Waals surface area contributed by atoms with Gasteiger partial charge in [-0.05, 0) is 30.3 Å². The van der Waals surface area contributed by atoms with E-state index in [1.165, 1.54) is 22.8 Å². The van der Waals surface area contributed by atoms with Crippen LogP contribution in [0.25, 0.3) is 5.69 Å². The molecule has 0 saturated carbocycles. The quantitative estimate of drug-likeness (QED) is 0.211. The lowest BCUT2D eigenvalue weighted by molar-refractivity contribution is -0.384. The summed E-state index contributed by atoms with van der Waals surface area (Å²) < 4.78 is 1.48. The van der Waals surface area contributed by atoms with E-state index in [0.29, 0.717) is 10.7 Å². The molecule has 0 atom stereocenters. The van der Waals surface area contributed by atoms with Crippen molar-refractivity contribution in [3.63, 3.8) is 0 Å². The van der Waals surface area contributed by atoms with Crippen LogP contribution in [0.5, 0.6) is 0 Å². The van der Waals surface area contributed by atoms with Gasteiger partial charge in [-0.15, -0.1) is 0 Å². The summed E-state index contributed by atoms with van der Waals surface area (Å²) >= 11 is 6.83. The summed E-state index contributed by atoms with van der Waals surface area (Å²) in [5.41, 5.74) is 10.1. The highest BCUT2D eigenvalue weighted by Crippen LogP contribution is 2.23. The molecule has 13 heteroatoms. The Morgan fingerprint density at radius 2 is 1.88 bits per heavy atom. The summed E-state index contributed by atoms with van der Waals surface area (Å²) in [5, 5.41) is 11.5. The molecule has 3 rings (SSSR count). The Bertz CT molecular complexity index is 1250. The second-order valence-corrected chi connectivity index (χ2v) is 7.59.